The lowest BCUT2D eigenvalue weighted by atomic mass is 10.1. The molecule has 4 rings (SSSR count). The Labute approximate surface area is 136 Å². The smallest absolute Gasteiger partial charge is 0.265 e. The standard InChI is InChI=1S/C16H15N5OS/c1-3-12-10(2)23-15-13(12)14-19-21(16(22)20(14)9-18-15)8-11-4-6-17-7-5-11/h4-7,9H,3,8H2,1-2H3. The number of fused-ring (bicyclic) bond motifs is 3. The molecule has 23 heavy (non-hydrogen) atoms. The average molecular weight is 325 g/mol. The maximum Gasteiger partial charge on any atom is 0.351 e. The van der Waals surface area contributed by atoms with E-state index in [1.165, 1.54) is 19.5 Å². The SMILES string of the molecule is CCc1c(C)sc2ncn3c(=O)n(Cc4ccncc4)nc3c12. The van der Waals surface area contributed by atoms with E-state index in [2.05, 4.69) is 28.9 Å². The Hall–Kier alpha value is -2.54. The lowest BCUT2D eigenvalue weighted by molar-refractivity contribution is 0.657. The van der Waals surface area contributed by atoms with Gasteiger partial charge in [0.15, 0.2) is 5.65 Å². The monoisotopic (exact) mass is 325 g/mol. The van der Waals surface area contributed by atoms with Crippen molar-refractivity contribution in [1.82, 2.24) is 24.1 Å². The van der Waals surface area contributed by atoms with Gasteiger partial charge in [0.05, 0.1) is 11.9 Å². The highest BCUT2D eigenvalue weighted by molar-refractivity contribution is 7.18. The summed E-state index contributed by atoms with van der Waals surface area (Å²) in [5.74, 6) is 0. The number of hydrogen-bond acceptors (Lipinski definition) is 5. The van der Waals surface area contributed by atoms with Crippen molar-refractivity contribution in [1.29, 1.82) is 0 Å². The number of thiophene rings is 1. The van der Waals surface area contributed by atoms with Crippen molar-refractivity contribution < 1.29 is 0 Å². The summed E-state index contributed by atoms with van der Waals surface area (Å²) in [5, 5.41) is 5.57. The van der Waals surface area contributed by atoms with Crippen LogP contribution in [-0.2, 0) is 13.0 Å². The van der Waals surface area contributed by atoms with Crippen molar-refractivity contribution in [3.63, 3.8) is 0 Å². The molecule has 4 aromatic rings. The molecule has 0 saturated carbocycles. The predicted molar refractivity (Wildman–Crippen MR) is 90.1 cm³/mol. The molecule has 0 aliphatic heterocycles. The molecule has 0 aromatic carbocycles. The lowest BCUT2D eigenvalue weighted by Crippen LogP contribution is -2.21. The van der Waals surface area contributed by atoms with Crippen LogP contribution in [0.15, 0.2) is 35.6 Å². The zero-order chi connectivity index (χ0) is 16.0. The van der Waals surface area contributed by atoms with Gasteiger partial charge in [0, 0.05) is 17.3 Å². The quantitative estimate of drug-likeness (QED) is 0.580. The van der Waals surface area contributed by atoms with Gasteiger partial charge in [0.25, 0.3) is 0 Å². The van der Waals surface area contributed by atoms with Crippen LogP contribution in [0.25, 0.3) is 15.9 Å². The van der Waals surface area contributed by atoms with E-state index >= 15 is 0 Å². The van der Waals surface area contributed by atoms with Crippen molar-refractivity contribution in [3.05, 3.63) is 57.3 Å². The normalized spacial score (nSPS) is 11.6. The van der Waals surface area contributed by atoms with E-state index in [1.54, 1.807) is 30.1 Å². The van der Waals surface area contributed by atoms with Crippen LogP contribution < -0.4 is 5.69 Å². The summed E-state index contributed by atoms with van der Waals surface area (Å²) in [6.45, 7) is 4.63. The molecule has 6 nitrogen and oxygen atoms in total. The minimum absolute atomic E-state index is 0.169. The predicted octanol–water partition coefficient (Wildman–Crippen LogP) is 2.42. The van der Waals surface area contributed by atoms with E-state index in [0.717, 1.165) is 22.2 Å². The molecule has 4 aromatic heterocycles. The summed E-state index contributed by atoms with van der Waals surface area (Å²) >= 11 is 1.65. The third-order valence-corrected chi connectivity index (χ3v) is 5.07. The third kappa shape index (κ3) is 2.16. The summed E-state index contributed by atoms with van der Waals surface area (Å²) in [6.07, 6.45) is 5.91. The van der Waals surface area contributed by atoms with Crippen LogP contribution in [0.1, 0.15) is 22.9 Å². The Morgan fingerprint density at radius 2 is 2.04 bits per heavy atom. The molecule has 0 N–H and O–H groups in total. The van der Waals surface area contributed by atoms with Gasteiger partial charge < -0.3 is 0 Å². The highest BCUT2D eigenvalue weighted by Gasteiger charge is 2.17. The fourth-order valence-corrected chi connectivity index (χ4v) is 3.96. The Kier molecular flexibility index (Phi) is 3.23. The molecule has 4 heterocycles. The first-order valence-electron chi connectivity index (χ1n) is 7.44. The molecule has 0 aliphatic rings. The van der Waals surface area contributed by atoms with Crippen molar-refractivity contribution in [2.24, 2.45) is 0 Å². The van der Waals surface area contributed by atoms with Crippen LogP contribution in [0.4, 0.5) is 0 Å². The van der Waals surface area contributed by atoms with Crippen molar-refractivity contribution in [3.8, 4) is 0 Å². The van der Waals surface area contributed by atoms with Crippen LogP contribution >= 0.6 is 11.3 Å². The molecule has 0 fully saturated rings. The fraction of sp³-hybridized carbons (Fsp3) is 0.250. The molecule has 116 valence electrons. The van der Waals surface area contributed by atoms with E-state index < -0.39 is 0 Å². The lowest BCUT2D eigenvalue weighted by Gasteiger charge is -1.98. The summed E-state index contributed by atoms with van der Waals surface area (Å²) in [4.78, 5) is 23.2. The highest BCUT2D eigenvalue weighted by Crippen LogP contribution is 2.31. The molecule has 0 spiro atoms. The Morgan fingerprint density at radius 1 is 1.26 bits per heavy atom. The largest absolute Gasteiger partial charge is 0.351 e. The number of rotatable bonds is 3. The first kappa shape index (κ1) is 14.1. The number of nitrogens with zero attached hydrogens (tertiary/aromatic N) is 5. The first-order valence-corrected chi connectivity index (χ1v) is 8.25. The molecule has 0 unspecified atom stereocenters. The van der Waals surface area contributed by atoms with Gasteiger partial charge in [-0.15, -0.1) is 16.4 Å². The van der Waals surface area contributed by atoms with Gasteiger partial charge in [-0.05, 0) is 36.6 Å². The highest BCUT2D eigenvalue weighted by atomic mass is 32.1. The number of aryl methyl sites for hydroxylation is 2. The second kappa shape index (κ2) is 5.27. The summed E-state index contributed by atoms with van der Waals surface area (Å²) in [5.41, 5.74) is 2.74. The average Bonchev–Trinajstić information content (AvgIpc) is 3.05. The van der Waals surface area contributed by atoms with E-state index in [4.69, 9.17) is 0 Å². The van der Waals surface area contributed by atoms with Crippen LogP contribution in [-0.4, -0.2) is 24.1 Å². The first-order chi connectivity index (χ1) is 11.2. The fourth-order valence-electron chi connectivity index (χ4n) is 2.88. The topological polar surface area (TPSA) is 65.1 Å². The van der Waals surface area contributed by atoms with E-state index in [-0.39, 0.29) is 5.69 Å². The van der Waals surface area contributed by atoms with Gasteiger partial charge in [-0.2, -0.15) is 0 Å². The van der Waals surface area contributed by atoms with Crippen LogP contribution in [0.5, 0.6) is 0 Å². The third-order valence-electron chi connectivity index (χ3n) is 4.01. The van der Waals surface area contributed by atoms with Crippen molar-refractivity contribution in [2.45, 2.75) is 26.8 Å². The molecule has 0 radical (unpaired) electrons. The molecule has 0 saturated heterocycles. The Bertz CT molecular complexity index is 1060. The number of aromatic nitrogens is 5. The van der Waals surface area contributed by atoms with Crippen LogP contribution in [0, 0.1) is 6.92 Å². The molecule has 0 bridgehead atoms. The van der Waals surface area contributed by atoms with Gasteiger partial charge in [-0.1, -0.05) is 6.92 Å². The van der Waals surface area contributed by atoms with Crippen molar-refractivity contribution >= 4 is 27.2 Å². The molecule has 0 aliphatic carbocycles. The summed E-state index contributed by atoms with van der Waals surface area (Å²) < 4.78 is 3.02. The van der Waals surface area contributed by atoms with Gasteiger partial charge in [0.1, 0.15) is 11.2 Å². The van der Waals surface area contributed by atoms with E-state index in [1.807, 2.05) is 12.1 Å². The Morgan fingerprint density at radius 3 is 2.78 bits per heavy atom. The van der Waals surface area contributed by atoms with Gasteiger partial charge >= 0.3 is 5.69 Å². The maximum absolute atomic E-state index is 12.6. The van der Waals surface area contributed by atoms with Crippen LogP contribution in [0.3, 0.4) is 0 Å². The minimum atomic E-state index is -0.169. The van der Waals surface area contributed by atoms with E-state index in [0.29, 0.717) is 12.2 Å². The zero-order valence-electron chi connectivity index (χ0n) is 12.9. The molecule has 0 amide bonds. The maximum atomic E-state index is 12.6. The zero-order valence-corrected chi connectivity index (χ0v) is 13.7. The minimum Gasteiger partial charge on any atom is -0.265 e. The summed E-state index contributed by atoms with van der Waals surface area (Å²) in [6, 6.07) is 3.77. The molecular formula is C16H15N5OS. The number of hydrogen-bond donors (Lipinski definition) is 0. The van der Waals surface area contributed by atoms with Crippen molar-refractivity contribution in [2.75, 3.05) is 0 Å². The molecule has 0 atom stereocenters. The molecular weight excluding hydrogens is 310 g/mol. The van der Waals surface area contributed by atoms with Gasteiger partial charge in [-0.25, -0.2) is 18.9 Å². The Balaban J connectivity index is 1.96. The van der Waals surface area contributed by atoms with E-state index in [9.17, 15) is 4.79 Å². The number of pyridine rings is 1. The van der Waals surface area contributed by atoms with Crippen LogP contribution in [0.2, 0.25) is 0 Å². The van der Waals surface area contributed by atoms with Gasteiger partial charge in [0.2, 0.25) is 0 Å². The second-order valence-electron chi connectivity index (χ2n) is 5.40. The summed E-state index contributed by atoms with van der Waals surface area (Å²) in [7, 11) is 0. The second-order valence-corrected chi connectivity index (χ2v) is 6.61. The van der Waals surface area contributed by atoms with Gasteiger partial charge in [-0.3, -0.25) is 4.98 Å². The molecule has 7 heteroatoms.